The second-order valence-electron chi connectivity index (χ2n) is 4.68. The third-order valence-corrected chi connectivity index (χ3v) is 3.39. The number of fused-ring (bicyclic) bond motifs is 1. The highest BCUT2D eigenvalue weighted by Gasteiger charge is 2.15. The number of anilines is 1. The molecule has 94 valence electrons. The van der Waals surface area contributed by atoms with Gasteiger partial charge < -0.3 is 5.32 Å². The molecule has 0 fully saturated rings. The monoisotopic (exact) mass is 250 g/mol. The molecule has 1 aromatic carbocycles. The fourth-order valence-electron chi connectivity index (χ4n) is 2.41. The first-order valence-corrected chi connectivity index (χ1v) is 6.45. The van der Waals surface area contributed by atoms with Crippen LogP contribution < -0.4 is 5.32 Å². The molecule has 2 aromatic rings. The molecule has 0 aliphatic heterocycles. The number of nitrogens with zero attached hydrogens (tertiary/aromatic N) is 3. The van der Waals surface area contributed by atoms with Gasteiger partial charge in [0.05, 0.1) is 11.2 Å². The van der Waals surface area contributed by atoms with Gasteiger partial charge in [-0.05, 0) is 25.3 Å². The molecule has 0 bridgehead atoms. The molecule has 0 radical (unpaired) electrons. The van der Waals surface area contributed by atoms with Crippen LogP contribution in [0.25, 0.3) is 10.9 Å². The van der Waals surface area contributed by atoms with Crippen LogP contribution in [0.1, 0.15) is 25.0 Å². The van der Waals surface area contributed by atoms with Gasteiger partial charge in [-0.25, -0.2) is 0 Å². The van der Waals surface area contributed by atoms with Crippen molar-refractivity contribution in [2.24, 2.45) is 0 Å². The van der Waals surface area contributed by atoms with E-state index in [0.717, 1.165) is 35.9 Å². The van der Waals surface area contributed by atoms with Gasteiger partial charge in [-0.2, -0.15) is 5.26 Å². The van der Waals surface area contributed by atoms with Gasteiger partial charge in [0.2, 0.25) is 0 Å². The summed E-state index contributed by atoms with van der Waals surface area (Å²) in [5, 5.41) is 21.7. The van der Waals surface area contributed by atoms with Crippen molar-refractivity contribution in [2.45, 2.75) is 25.3 Å². The maximum Gasteiger partial charge on any atom is 0.186 e. The molecule has 1 atom stereocenters. The Balaban J connectivity index is 2.04. The molecule has 0 saturated heterocycles. The molecule has 1 aromatic heterocycles. The molecule has 1 heterocycles. The minimum Gasteiger partial charge on any atom is -0.379 e. The summed E-state index contributed by atoms with van der Waals surface area (Å²) in [7, 11) is 0. The summed E-state index contributed by atoms with van der Waals surface area (Å²) >= 11 is 0. The van der Waals surface area contributed by atoms with Gasteiger partial charge in [0.15, 0.2) is 5.69 Å². The number of hydrogen-bond acceptors (Lipinski definition) is 4. The Labute approximate surface area is 111 Å². The summed E-state index contributed by atoms with van der Waals surface area (Å²) in [6, 6.07) is 10.3. The fraction of sp³-hybridized carbons (Fsp3) is 0.267. The van der Waals surface area contributed by atoms with Crippen LogP contribution in [0.4, 0.5) is 5.69 Å². The third kappa shape index (κ3) is 2.27. The highest BCUT2D eigenvalue weighted by atomic mass is 15.1. The minimum atomic E-state index is 0.365. The van der Waals surface area contributed by atoms with Crippen molar-refractivity contribution >= 4 is 16.6 Å². The summed E-state index contributed by atoms with van der Waals surface area (Å²) in [6.07, 6.45) is 7.53. The van der Waals surface area contributed by atoms with Crippen molar-refractivity contribution in [1.82, 2.24) is 10.2 Å². The number of hydrogen-bond donors (Lipinski definition) is 1. The molecule has 0 amide bonds. The Bertz CT molecular complexity index is 669. The summed E-state index contributed by atoms with van der Waals surface area (Å²) in [5.74, 6) is 0. The SMILES string of the molecule is N#Cc1nnc2ccccc2c1NC1CC=CCC1. The molecule has 0 spiro atoms. The number of nitriles is 1. The Morgan fingerprint density at radius 1 is 1.21 bits per heavy atom. The number of benzene rings is 1. The van der Waals surface area contributed by atoms with Crippen LogP contribution in [-0.4, -0.2) is 16.2 Å². The largest absolute Gasteiger partial charge is 0.379 e. The normalized spacial score (nSPS) is 18.2. The molecule has 1 aliphatic carbocycles. The zero-order chi connectivity index (χ0) is 13.1. The summed E-state index contributed by atoms with van der Waals surface area (Å²) in [4.78, 5) is 0. The van der Waals surface area contributed by atoms with Crippen molar-refractivity contribution in [1.29, 1.82) is 5.26 Å². The predicted molar refractivity (Wildman–Crippen MR) is 74.7 cm³/mol. The van der Waals surface area contributed by atoms with E-state index in [2.05, 4.69) is 33.7 Å². The molecule has 0 saturated carbocycles. The quantitative estimate of drug-likeness (QED) is 0.832. The first-order valence-electron chi connectivity index (χ1n) is 6.45. The highest BCUT2D eigenvalue weighted by molar-refractivity contribution is 5.92. The van der Waals surface area contributed by atoms with Gasteiger partial charge in [0.1, 0.15) is 6.07 Å². The second kappa shape index (κ2) is 5.07. The average molecular weight is 250 g/mol. The van der Waals surface area contributed by atoms with Crippen LogP contribution in [0.5, 0.6) is 0 Å². The molecule has 4 nitrogen and oxygen atoms in total. The lowest BCUT2D eigenvalue weighted by Crippen LogP contribution is -2.21. The van der Waals surface area contributed by atoms with Crippen molar-refractivity contribution in [3.63, 3.8) is 0 Å². The number of allylic oxidation sites excluding steroid dienone is 1. The van der Waals surface area contributed by atoms with E-state index in [9.17, 15) is 5.26 Å². The lowest BCUT2D eigenvalue weighted by molar-refractivity contribution is 0.644. The Morgan fingerprint density at radius 3 is 2.89 bits per heavy atom. The van der Waals surface area contributed by atoms with Crippen molar-refractivity contribution in [3.8, 4) is 6.07 Å². The Hall–Kier alpha value is -2.41. The molecular formula is C15H14N4. The van der Waals surface area contributed by atoms with Gasteiger partial charge in [0, 0.05) is 11.4 Å². The van der Waals surface area contributed by atoms with E-state index in [4.69, 9.17) is 0 Å². The zero-order valence-corrected chi connectivity index (χ0v) is 10.5. The number of rotatable bonds is 2. The van der Waals surface area contributed by atoms with E-state index in [1.54, 1.807) is 0 Å². The van der Waals surface area contributed by atoms with E-state index < -0.39 is 0 Å². The summed E-state index contributed by atoms with van der Waals surface area (Å²) in [5.41, 5.74) is 2.00. The maximum absolute atomic E-state index is 9.20. The van der Waals surface area contributed by atoms with E-state index in [-0.39, 0.29) is 0 Å². The molecular weight excluding hydrogens is 236 g/mol. The first-order chi connectivity index (χ1) is 9.38. The summed E-state index contributed by atoms with van der Waals surface area (Å²) < 4.78 is 0. The third-order valence-electron chi connectivity index (χ3n) is 3.39. The first kappa shape index (κ1) is 11.7. The standard InChI is InChI=1S/C15H14N4/c16-10-14-15(17-11-6-2-1-3-7-11)12-8-4-5-9-13(12)18-19-14/h1-2,4-5,8-9,11H,3,6-7H2,(H,17,18). The van der Waals surface area contributed by atoms with Gasteiger partial charge >= 0.3 is 0 Å². The smallest absolute Gasteiger partial charge is 0.186 e. The van der Waals surface area contributed by atoms with Crippen LogP contribution in [0.2, 0.25) is 0 Å². The van der Waals surface area contributed by atoms with Crippen LogP contribution in [-0.2, 0) is 0 Å². The van der Waals surface area contributed by atoms with E-state index in [1.807, 2.05) is 24.3 Å². The topological polar surface area (TPSA) is 61.6 Å². The minimum absolute atomic E-state index is 0.365. The van der Waals surface area contributed by atoms with Crippen LogP contribution in [0.15, 0.2) is 36.4 Å². The molecule has 3 rings (SSSR count). The summed E-state index contributed by atoms with van der Waals surface area (Å²) in [6.45, 7) is 0. The van der Waals surface area contributed by atoms with Crippen LogP contribution >= 0.6 is 0 Å². The van der Waals surface area contributed by atoms with Gasteiger partial charge in [-0.1, -0.05) is 30.4 Å². The number of aromatic nitrogens is 2. The lowest BCUT2D eigenvalue weighted by Gasteiger charge is -2.21. The molecule has 1 N–H and O–H groups in total. The highest BCUT2D eigenvalue weighted by Crippen LogP contribution is 2.26. The zero-order valence-electron chi connectivity index (χ0n) is 10.5. The second-order valence-corrected chi connectivity index (χ2v) is 4.68. The van der Waals surface area contributed by atoms with Gasteiger partial charge in [-0.3, -0.25) is 0 Å². The van der Waals surface area contributed by atoms with Crippen LogP contribution in [0, 0.1) is 11.3 Å². The Morgan fingerprint density at radius 2 is 2.11 bits per heavy atom. The van der Waals surface area contributed by atoms with Gasteiger partial charge in [0.25, 0.3) is 0 Å². The molecule has 1 unspecified atom stereocenters. The average Bonchev–Trinajstić information content (AvgIpc) is 2.49. The number of nitrogens with one attached hydrogen (secondary N) is 1. The lowest BCUT2D eigenvalue weighted by atomic mass is 10.0. The molecule has 4 heteroatoms. The van der Waals surface area contributed by atoms with Gasteiger partial charge in [-0.15, -0.1) is 10.2 Å². The molecule has 1 aliphatic rings. The fourth-order valence-corrected chi connectivity index (χ4v) is 2.41. The van der Waals surface area contributed by atoms with E-state index in [1.165, 1.54) is 0 Å². The van der Waals surface area contributed by atoms with E-state index in [0.29, 0.717) is 11.7 Å². The predicted octanol–water partition coefficient (Wildman–Crippen LogP) is 3.02. The van der Waals surface area contributed by atoms with Crippen molar-refractivity contribution < 1.29 is 0 Å². The maximum atomic E-state index is 9.20. The molecule has 19 heavy (non-hydrogen) atoms. The Kier molecular flexibility index (Phi) is 3.11. The van der Waals surface area contributed by atoms with Crippen molar-refractivity contribution in [2.75, 3.05) is 5.32 Å². The van der Waals surface area contributed by atoms with E-state index >= 15 is 0 Å². The van der Waals surface area contributed by atoms with Crippen molar-refractivity contribution in [3.05, 3.63) is 42.1 Å². The van der Waals surface area contributed by atoms with Crippen LogP contribution in [0.3, 0.4) is 0 Å².